The van der Waals surface area contributed by atoms with Crippen LogP contribution in [-0.4, -0.2) is 0 Å². The van der Waals surface area contributed by atoms with E-state index in [1.54, 1.807) is 0 Å². The first kappa shape index (κ1) is 37.3. The van der Waals surface area contributed by atoms with Crippen molar-refractivity contribution in [2.24, 2.45) is 0 Å². The molecule has 1 nitrogen and oxygen atoms in total. The van der Waals surface area contributed by atoms with Crippen LogP contribution in [0.25, 0.3) is 77.9 Å². The van der Waals surface area contributed by atoms with Crippen molar-refractivity contribution in [3.8, 4) is 77.9 Å². The highest BCUT2D eigenvalue weighted by atomic mass is 15.1. The monoisotopic (exact) mass is 777 g/mol. The van der Waals surface area contributed by atoms with Crippen LogP contribution in [0.15, 0.2) is 261 Å². The summed E-state index contributed by atoms with van der Waals surface area (Å²) in [4.78, 5) is 2.40. The molecule has 0 aliphatic rings. The average molecular weight is 778 g/mol. The number of hydrogen-bond donors (Lipinski definition) is 0. The Hall–Kier alpha value is -8.00. The zero-order chi connectivity index (χ0) is 40.8. The van der Waals surface area contributed by atoms with Crippen molar-refractivity contribution < 1.29 is 0 Å². The average Bonchev–Trinajstić information content (AvgIpc) is 3.36. The summed E-state index contributed by atoms with van der Waals surface area (Å²) in [7, 11) is 0. The van der Waals surface area contributed by atoms with E-state index in [0.29, 0.717) is 0 Å². The highest BCUT2D eigenvalue weighted by molar-refractivity contribution is 5.98. The molecule has 10 aromatic rings. The molecule has 0 saturated heterocycles. The molecule has 0 saturated carbocycles. The summed E-state index contributed by atoms with van der Waals surface area (Å²) in [5.74, 6) is 0. The third kappa shape index (κ3) is 7.81. The van der Waals surface area contributed by atoms with Crippen LogP contribution in [0, 0.1) is 0 Å². The molecule has 0 aliphatic carbocycles. The number of anilines is 3. The Balaban J connectivity index is 1.09. The van der Waals surface area contributed by atoms with Crippen molar-refractivity contribution in [3.05, 3.63) is 261 Å². The third-order valence-corrected chi connectivity index (χ3v) is 11.5. The Morgan fingerprint density at radius 1 is 0.180 bits per heavy atom. The van der Waals surface area contributed by atoms with E-state index in [1.807, 2.05) is 0 Å². The van der Waals surface area contributed by atoms with Crippen molar-refractivity contribution in [2.75, 3.05) is 4.90 Å². The highest BCUT2D eigenvalue weighted by Crippen LogP contribution is 2.46. The molecule has 0 unspecified atom stereocenters. The number of nitrogens with zero attached hydrogens (tertiary/aromatic N) is 1. The summed E-state index contributed by atoms with van der Waals surface area (Å²) in [6.45, 7) is 0. The van der Waals surface area contributed by atoms with Crippen molar-refractivity contribution in [1.82, 2.24) is 0 Å². The molecule has 10 rings (SSSR count). The quantitative estimate of drug-likeness (QED) is 0.134. The number of benzene rings is 10. The summed E-state index contributed by atoms with van der Waals surface area (Å²) >= 11 is 0. The lowest BCUT2D eigenvalue weighted by Crippen LogP contribution is -2.11. The fraction of sp³-hybridized carbons (Fsp3) is 0. The summed E-state index contributed by atoms with van der Waals surface area (Å²) in [5, 5.41) is 0. The molecule has 0 N–H and O–H groups in total. The van der Waals surface area contributed by atoms with Crippen LogP contribution in [0.1, 0.15) is 0 Å². The summed E-state index contributed by atoms with van der Waals surface area (Å²) in [5.41, 5.74) is 19.9. The van der Waals surface area contributed by atoms with Gasteiger partial charge in [0.2, 0.25) is 0 Å². The van der Waals surface area contributed by atoms with E-state index in [9.17, 15) is 0 Å². The minimum atomic E-state index is 1.08. The Morgan fingerprint density at radius 2 is 0.475 bits per heavy atom. The van der Waals surface area contributed by atoms with Gasteiger partial charge in [-0.2, -0.15) is 0 Å². The van der Waals surface area contributed by atoms with Gasteiger partial charge in [-0.05, 0) is 109 Å². The second-order valence-corrected chi connectivity index (χ2v) is 15.3. The van der Waals surface area contributed by atoms with Crippen LogP contribution in [-0.2, 0) is 0 Å². The van der Waals surface area contributed by atoms with Crippen molar-refractivity contribution in [3.63, 3.8) is 0 Å². The summed E-state index contributed by atoms with van der Waals surface area (Å²) < 4.78 is 0. The van der Waals surface area contributed by atoms with Gasteiger partial charge in [0.15, 0.2) is 0 Å². The maximum Gasteiger partial charge on any atom is 0.0540 e. The molecular weight excluding hydrogens is 735 g/mol. The van der Waals surface area contributed by atoms with Gasteiger partial charge >= 0.3 is 0 Å². The normalized spacial score (nSPS) is 11.0. The molecule has 0 spiro atoms. The van der Waals surface area contributed by atoms with Gasteiger partial charge in [-0.15, -0.1) is 0 Å². The SMILES string of the molecule is c1ccc(-c2ccc(-c3ccc(N(c4ccc(-c5ccccc5)cc4)c4ccccc4-c4ccccc4-c4ccc(-c5ccccc5)cc4-c4ccccc4)cc3)cc2)cc1. The zero-order valence-electron chi connectivity index (χ0n) is 33.8. The van der Waals surface area contributed by atoms with E-state index in [4.69, 9.17) is 0 Å². The van der Waals surface area contributed by atoms with E-state index >= 15 is 0 Å². The van der Waals surface area contributed by atoms with Crippen LogP contribution in [0.3, 0.4) is 0 Å². The van der Waals surface area contributed by atoms with Crippen LogP contribution >= 0.6 is 0 Å². The predicted octanol–water partition coefficient (Wildman–Crippen LogP) is 16.8. The molecular formula is C60H43N. The molecule has 0 amide bonds. The minimum absolute atomic E-state index is 1.08. The first-order valence-electron chi connectivity index (χ1n) is 20.9. The maximum atomic E-state index is 2.40. The Labute approximate surface area is 359 Å². The van der Waals surface area contributed by atoms with E-state index in [1.165, 1.54) is 72.3 Å². The van der Waals surface area contributed by atoms with Gasteiger partial charge in [0.1, 0.15) is 0 Å². The number of para-hydroxylation sites is 1. The molecule has 1 heteroatoms. The molecule has 0 heterocycles. The Bertz CT molecular complexity index is 3010. The van der Waals surface area contributed by atoms with Gasteiger partial charge in [-0.3, -0.25) is 0 Å². The summed E-state index contributed by atoms with van der Waals surface area (Å²) in [6.07, 6.45) is 0. The number of rotatable bonds is 10. The molecule has 0 fully saturated rings. The second kappa shape index (κ2) is 17.1. The van der Waals surface area contributed by atoms with E-state index in [-0.39, 0.29) is 0 Å². The molecule has 288 valence electrons. The Morgan fingerprint density at radius 3 is 0.934 bits per heavy atom. The van der Waals surface area contributed by atoms with Gasteiger partial charge in [-0.1, -0.05) is 224 Å². The van der Waals surface area contributed by atoms with E-state index in [2.05, 4.69) is 266 Å². The lowest BCUT2D eigenvalue weighted by atomic mass is 9.87. The first-order chi connectivity index (χ1) is 30.3. The van der Waals surface area contributed by atoms with E-state index < -0.39 is 0 Å². The standard InChI is InChI=1S/C60H43N/c1-5-17-44(18-6-1)47-29-31-48(32-30-47)50-35-40-54(41-36-50)61(53-38-33-49(34-39-53)45-19-7-2-8-20-45)60-28-16-15-27-58(60)56-26-14-13-25-55(56)57-42-37-52(46-21-9-3-10-22-46)43-59(57)51-23-11-4-12-24-51/h1-43H. The van der Waals surface area contributed by atoms with Gasteiger partial charge < -0.3 is 4.90 Å². The third-order valence-electron chi connectivity index (χ3n) is 11.5. The molecule has 61 heavy (non-hydrogen) atoms. The predicted molar refractivity (Wildman–Crippen MR) is 259 cm³/mol. The fourth-order valence-corrected chi connectivity index (χ4v) is 8.44. The summed E-state index contributed by atoms with van der Waals surface area (Å²) in [6, 6.07) is 94.0. The second-order valence-electron chi connectivity index (χ2n) is 15.3. The van der Waals surface area contributed by atoms with Crippen molar-refractivity contribution in [1.29, 1.82) is 0 Å². The van der Waals surface area contributed by atoms with Crippen LogP contribution in [0.4, 0.5) is 17.1 Å². The van der Waals surface area contributed by atoms with Gasteiger partial charge in [0.05, 0.1) is 5.69 Å². The fourth-order valence-electron chi connectivity index (χ4n) is 8.44. The highest BCUT2D eigenvalue weighted by Gasteiger charge is 2.21. The van der Waals surface area contributed by atoms with Crippen LogP contribution in [0.2, 0.25) is 0 Å². The molecule has 10 aromatic carbocycles. The molecule has 0 aromatic heterocycles. The van der Waals surface area contributed by atoms with Crippen LogP contribution < -0.4 is 4.90 Å². The topological polar surface area (TPSA) is 3.24 Å². The van der Waals surface area contributed by atoms with E-state index in [0.717, 1.165) is 22.6 Å². The van der Waals surface area contributed by atoms with Gasteiger partial charge in [0, 0.05) is 16.9 Å². The largest absolute Gasteiger partial charge is 0.310 e. The minimum Gasteiger partial charge on any atom is -0.310 e. The lowest BCUT2D eigenvalue weighted by Gasteiger charge is -2.29. The lowest BCUT2D eigenvalue weighted by molar-refractivity contribution is 1.28. The van der Waals surface area contributed by atoms with Crippen molar-refractivity contribution >= 4 is 17.1 Å². The van der Waals surface area contributed by atoms with Gasteiger partial charge in [0.25, 0.3) is 0 Å². The smallest absolute Gasteiger partial charge is 0.0540 e. The zero-order valence-corrected chi connectivity index (χ0v) is 33.8. The molecule has 0 radical (unpaired) electrons. The molecule has 0 atom stereocenters. The van der Waals surface area contributed by atoms with Gasteiger partial charge in [-0.25, -0.2) is 0 Å². The maximum absolute atomic E-state index is 2.40. The molecule has 0 bridgehead atoms. The Kier molecular flexibility index (Phi) is 10.4. The first-order valence-corrected chi connectivity index (χ1v) is 20.9. The molecule has 0 aliphatic heterocycles. The number of hydrogen-bond acceptors (Lipinski definition) is 1. The van der Waals surface area contributed by atoms with Crippen LogP contribution in [0.5, 0.6) is 0 Å². The van der Waals surface area contributed by atoms with Crippen molar-refractivity contribution in [2.45, 2.75) is 0 Å².